The van der Waals surface area contributed by atoms with Gasteiger partial charge < -0.3 is 4.90 Å². The number of aryl methyl sites for hydroxylation is 1. The smallest absolute Gasteiger partial charge is 0.0491 e. The van der Waals surface area contributed by atoms with Crippen LogP contribution in [0.25, 0.3) is 54.6 Å². The predicted molar refractivity (Wildman–Crippen MR) is 189 cm³/mol. The molecule has 0 aliphatic carbocycles. The van der Waals surface area contributed by atoms with Crippen molar-refractivity contribution in [2.24, 2.45) is 0 Å². The van der Waals surface area contributed by atoms with Crippen LogP contribution in [-0.2, 0) is 0 Å². The number of benzene rings is 8. The molecule has 0 N–H and O–H groups in total. The number of rotatable bonds is 5. The lowest BCUT2D eigenvalue weighted by Gasteiger charge is -2.27. The largest absolute Gasteiger partial charge is 0.310 e. The third-order valence-corrected chi connectivity index (χ3v) is 8.76. The number of para-hydroxylation sites is 1. The van der Waals surface area contributed by atoms with Gasteiger partial charge in [0.25, 0.3) is 0 Å². The van der Waals surface area contributed by atoms with Crippen LogP contribution in [0.4, 0.5) is 17.1 Å². The van der Waals surface area contributed by atoms with Crippen LogP contribution in [0.15, 0.2) is 170 Å². The second-order valence-electron chi connectivity index (χ2n) is 11.4. The van der Waals surface area contributed by atoms with E-state index < -0.39 is 0 Å². The van der Waals surface area contributed by atoms with Gasteiger partial charge in [-0.1, -0.05) is 127 Å². The molecule has 0 radical (unpaired) electrons. The van der Waals surface area contributed by atoms with Gasteiger partial charge in [0.05, 0.1) is 0 Å². The van der Waals surface area contributed by atoms with E-state index >= 15 is 0 Å². The molecular weight excluding hydrogens is 530 g/mol. The highest BCUT2D eigenvalue weighted by Crippen LogP contribution is 2.40. The van der Waals surface area contributed by atoms with E-state index in [9.17, 15) is 0 Å². The topological polar surface area (TPSA) is 3.24 Å². The SMILES string of the molecule is Cc1cc(-c2ccc3c4ccccc4c4ccccc4c3c2)ccc1N(c1ccccc1)c1ccc(-c2ccccc2)cc1. The molecule has 1 nitrogen and oxygen atoms in total. The van der Waals surface area contributed by atoms with Gasteiger partial charge in [0.1, 0.15) is 0 Å². The van der Waals surface area contributed by atoms with Crippen LogP contribution in [0.3, 0.4) is 0 Å². The summed E-state index contributed by atoms with van der Waals surface area (Å²) in [5.41, 5.74) is 9.55. The van der Waals surface area contributed by atoms with E-state index in [1.807, 2.05) is 0 Å². The third-order valence-electron chi connectivity index (χ3n) is 8.76. The van der Waals surface area contributed by atoms with E-state index in [0.717, 1.165) is 11.4 Å². The molecule has 0 fully saturated rings. The molecule has 0 spiro atoms. The van der Waals surface area contributed by atoms with Crippen LogP contribution in [0.2, 0.25) is 0 Å². The Balaban J connectivity index is 1.23. The van der Waals surface area contributed by atoms with Gasteiger partial charge in [-0.05, 0) is 110 Å². The molecule has 8 aromatic rings. The molecule has 0 amide bonds. The van der Waals surface area contributed by atoms with Gasteiger partial charge in [0.2, 0.25) is 0 Å². The molecule has 8 rings (SSSR count). The van der Waals surface area contributed by atoms with Crippen molar-refractivity contribution in [3.05, 3.63) is 175 Å². The summed E-state index contributed by atoms with van der Waals surface area (Å²) < 4.78 is 0. The van der Waals surface area contributed by atoms with Crippen molar-refractivity contribution < 1.29 is 0 Å². The van der Waals surface area contributed by atoms with Crippen LogP contribution < -0.4 is 4.90 Å². The maximum Gasteiger partial charge on any atom is 0.0491 e. The first-order valence-electron chi connectivity index (χ1n) is 15.2. The first kappa shape index (κ1) is 26.0. The summed E-state index contributed by atoms with van der Waals surface area (Å²) in [6, 6.07) is 61.4. The fraction of sp³-hybridized carbons (Fsp3) is 0.0233. The van der Waals surface area contributed by atoms with Crippen molar-refractivity contribution in [2.45, 2.75) is 6.92 Å². The fourth-order valence-corrected chi connectivity index (χ4v) is 6.61. The number of anilines is 3. The number of fused-ring (bicyclic) bond motifs is 6. The van der Waals surface area contributed by atoms with Crippen LogP contribution >= 0.6 is 0 Å². The minimum atomic E-state index is 1.13. The third kappa shape index (κ3) is 4.51. The first-order chi connectivity index (χ1) is 21.7. The van der Waals surface area contributed by atoms with Gasteiger partial charge in [-0.15, -0.1) is 0 Å². The van der Waals surface area contributed by atoms with Crippen LogP contribution in [0.1, 0.15) is 5.56 Å². The summed E-state index contributed by atoms with van der Waals surface area (Å²) in [4.78, 5) is 2.36. The maximum atomic E-state index is 2.37. The van der Waals surface area contributed by atoms with Gasteiger partial charge in [-0.25, -0.2) is 0 Å². The molecular formula is C43H31N. The van der Waals surface area contributed by atoms with Crippen molar-refractivity contribution in [1.29, 1.82) is 0 Å². The van der Waals surface area contributed by atoms with Gasteiger partial charge in [-0.3, -0.25) is 0 Å². The normalized spacial score (nSPS) is 11.3. The van der Waals surface area contributed by atoms with Crippen molar-refractivity contribution in [3.63, 3.8) is 0 Å². The zero-order valence-electron chi connectivity index (χ0n) is 24.6. The summed E-state index contributed by atoms with van der Waals surface area (Å²) in [5, 5.41) is 7.80. The van der Waals surface area contributed by atoms with E-state index in [2.05, 4.69) is 182 Å². The van der Waals surface area contributed by atoms with Gasteiger partial charge in [0.15, 0.2) is 0 Å². The van der Waals surface area contributed by atoms with Crippen molar-refractivity contribution in [3.8, 4) is 22.3 Å². The summed E-state index contributed by atoms with van der Waals surface area (Å²) in [7, 11) is 0. The van der Waals surface area contributed by atoms with E-state index in [4.69, 9.17) is 0 Å². The molecule has 0 bridgehead atoms. The highest BCUT2D eigenvalue weighted by molar-refractivity contribution is 6.25. The molecule has 0 unspecified atom stereocenters. The Morgan fingerprint density at radius 3 is 1.36 bits per heavy atom. The average molecular weight is 562 g/mol. The summed E-state index contributed by atoms with van der Waals surface area (Å²) in [5.74, 6) is 0. The molecule has 0 aliphatic heterocycles. The van der Waals surface area contributed by atoms with Crippen molar-refractivity contribution >= 4 is 49.4 Å². The van der Waals surface area contributed by atoms with Gasteiger partial charge >= 0.3 is 0 Å². The Labute approximate surface area is 258 Å². The van der Waals surface area contributed by atoms with E-state index in [0.29, 0.717) is 0 Å². The van der Waals surface area contributed by atoms with E-state index in [1.165, 1.54) is 65.8 Å². The fourth-order valence-electron chi connectivity index (χ4n) is 6.61. The Kier molecular flexibility index (Phi) is 6.43. The molecule has 0 saturated heterocycles. The molecule has 208 valence electrons. The highest BCUT2D eigenvalue weighted by atomic mass is 15.1. The monoisotopic (exact) mass is 561 g/mol. The lowest BCUT2D eigenvalue weighted by Crippen LogP contribution is -2.11. The van der Waals surface area contributed by atoms with E-state index in [1.54, 1.807) is 0 Å². The van der Waals surface area contributed by atoms with Gasteiger partial charge in [-0.2, -0.15) is 0 Å². The van der Waals surface area contributed by atoms with Crippen molar-refractivity contribution in [1.82, 2.24) is 0 Å². The lowest BCUT2D eigenvalue weighted by molar-refractivity contribution is 1.25. The standard InChI is InChI=1S/C43H31N/c1-30-28-33(34-22-26-41-39-18-9-8-16-37(39)38-17-10-11-19-40(38)42(41)29-34)23-27-43(30)44(35-14-6-3-7-15-35)36-24-20-32(21-25-36)31-12-4-2-5-13-31/h2-29H,1H3. The predicted octanol–water partition coefficient (Wildman–Crippen LogP) is 12.3. The number of nitrogens with zero attached hydrogens (tertiary/aromatic N) is 1. The molecule has 1 heteroatoms. The molecule has 0 aromatic heterocycles. The molecule has 0 atom stereocenters. The highest BCUT2D eigenvalue weighted by Gasteiger charge is 2.16. The number of hydrogen-bond donors (Lipinski definition) is 0. The van der Waals surface area contributed by atoms with E-state index in [-0.39, 0.29) is 0 Å². The average Bonchev–Trinajstić information content (AvgIpc) is 3.10. The Bertz CT molecular complexity index is 2230. The molecule has 0 heterocycles. The molecule has 0 aliphatic rings. The zero-order chi connectivity index (χ0) is 29.5. The molecule has 0 saturated carbocycles. The van der Waals surface area contributed by atoms with Crippen LogP contribution in [-0.4, -0.2) is 0 Å². The number of hydrogen-bond acceptors (Lipinski definition) is 1. The molecule has 44 heavy (non-hydrogen) atoms. The summed E-state index contributed by atoms with van der Waals surface area (Å²) in [6.45, 7) is 2.22. The lowest BCUT2D eigenvalue weighted by atomic mass is 9.91. The van der Waals surface area contributed by atoms with Crippen LogP contribution in [0.5, 0.6) is 0 Å². The summed E-state index contributed by atoms with van der Waals surface area (Å²) in [6.07, 6.45) is 0. The second kappa shape index (κ2) is 10.9. The first-order valence-corrected chi connectivity index (χ1v) is 15.2. The zero-order valence-corrected chi connectivity index (χ0v) is 24.6. The Morgan fingerprint density at radius 2 is 0.750 bits per heavy atom. The van der Waals surface area contributed by atoms with Crippen LogP contribution in [0, 0.1) is 6.92 Å². The quantitative estimate of drug-likeness (QED) is 0.189. The Morgan fingerprint density at radius 1 is 0.318 bits per heavy atom. The maximum absolute atomic E-state index is 2.37. The Hall–Kier alpha value is -5.66. The summed E-state index contributed by atoms with van der Waals surface area (Å²) >= 11 is 0. The second-order valence-corrected chi connectivity index (χ2v) is 11.4. The van der Waals surface area contributed by atoms with Crippen molar-refractivity contribution in [2.75, 3.05) is 4.90 Å². The van der Waals surface area contributed by atoms with Gasteiger partial charge in [0, 0.05) is 17.1 Å². The molecule has 8 aromatic carbocycles. The minimum absolute atomic E-state index is 1.13. The minimum Gasteiger partial charge on any atom is -0.310 e.